The van der Waals surface area contributed by atoms with Gasteiger partial charge in [-0.05, 0) is 23.8 Å². The number of amides is 1. The second-order valence-corrected chi connectivity index (χ2v) is 7.17. The Labute approximate surface area is 170 Å². The van der Waals surface area contributed by atoms with E-state index in [0.717, 1.165) is 32.2 Å². The van der Waals surface area contributed by atoms with Crippen molar-refractivity contribution in [1.29, 1.82) is 0 Å². The number of nitrogens with zero attached hydrogens (tertiary/aromatic N) is 2. The molecule has 1 aromatic heterocycles. The molecule has 1 heterocycles. The number of carbonyl (C=O) groups is 1. The first kappa shape index (κ1) is 18.1. The van der Waals surface area contributed by atoms with E-state index in [9.17, 15) is 4.79 Å². The number of hydrogen-bond donors (Lipinski definition) is 2. The van der Waals surface area contributed by atoms with Gasteiger partial charge in [0.1, 0.15) is 0 Å². The first-order valence-electron chi connectivity index (χ1n) is 8.80. The van der Waals surface area contributed by atoms with Crippen LogP contribution in [0.4, 0.5) is 5.95 Å². The standard InChI is InChI=1S/C22H17BrN4O/c23-17-11-12-19-18(14-17)21(16-9-5-2-6-10-16)25-22(24-19)27-26-20(28)13-15-7-3-1-4-8-15/h1-12,14H,13H2,(H,26,28)(H,24,25,27). The molecule has 0 unspecified atom stereocenters. The van der Waals surface area contributed by atoms with Crippen LogP contribution in [0.5, 0.6) is 0 Å². The van der Waals surface area contributed by atoms with Gasteiger partial charge in [-0.2, -0.15) is 0 Å². The van der Waals surface area contributed by atoms with Gasteiger partial charge in [-0.1, -0.05) is 76.6 Å². The van der Waals surface area contributed by atoms with Crippen LogP contribution >= 0.6 is 15.9 Å². The normalized spacial score (nSPS) is 10.6. The highest BCUT2D eigenvalue weighted by atomic mass is 79.9. The zero-order valence-electron chi connectivity index (χ0n) is 14.9. The Bertz CT molecular complexity index is 1120. The van der Waals surface area contributed by atoms with Crippen LogP contribution in [0, 0.1) is 0 Å². The predicted molar refractivity (Wildman–Crippen MR) is 115 cm³/mol. The smallest absolute Gasteiger partial charge is 0.242 e. The highest BCUT2D eigenvalue weighted by molar-refractivity contribution is 9.10. The van der Waals surface area contributed by atoms with Crippen molar-refractivity contribution in [2.45, 2.75) is 6.42 Å². The molecule has 6 heteroatoms. The highest BCUT2D eigenvalue weighted by Crippen LogP contribution is 2.29. The van der Waals surface area contributed by atoms with Gasteiger partial charge in [-0.3, -0.25) is 15.6 Å². The van der Waals surface area contributed by atoms with Crippen molar-refractivity contribution in [3.8, 4) is 11.3 Å². The van der Waals surface area contributed by atoms with Crippen molar-refractivity contribution in [3.05, 3.63) is 88.9 Å². The summed E-state index contributed by atoms with van der Waals surface area (Å²) in [5, 5.41) is 0.932. The summed E-state index contributed by atoms with van der Waals surface area (Å²) in [5.41, 5.74) is 9.03. The summed E-state index contributed by atoms with van der Waals surface area (Å²) in [7, 11) is 0. The number of halogens is 1. The van der Waals surface area contributed by atoms with Gasteiger partial charge in [0.2, 0.25) is 11.9 Å². The van der Waals surface area contributed by atoms with Gasteiger partial charge in [-0.25, -0.2) is 9.97 Å². The van der Waals surface area contributed by atoms with E-state index in [1.54, 1.807) is 0 Å². The van der Waals surface area contributed by atoms with Gasteiger partial charge < -0.3 is 0 Å². The van der Waals surface area contributed by atoms with Crippen LogP contribution in [-0.4, -0.2) is 15.9 Å². The molecule has 3 aromatic carbocycles. The molecule has 28 heavy (non-hydrogen) atoms. The average Bonchev–Trinajstić information content (AvgIpc) is 2.73. The lowest BCUT2D eigenvalue weighted by molar-refractivity contribution is -0.119. The third-order valence-electron chi connectivity index (χ3n) is 4.23. The van der Waals surface area contributed by atoms with Crippen LogP contribution in [0.2, 0.25) is 0 Å². The fourth-order valence-corrected chi connectivity index (χ4v) is 3.28. The van der Waals surface area contributed by atoms with Gasteiger partial charge >= 0.3 is 0 Å². The van der Waals surface area contributed by atoms with E-state index in [4.69, 9.17) is 0 Å². The highest BCUT2D eigenvalue weighted by Gasteiger charge is 2.11. The molecule has 4 rings (SSSR count). The SMILES string of the molecule is O=C(Cc1ccccc1)NNc1nc(-c2ccccc2)c2cc(Br)ccc2n1. The molecule has 5 nitrogen and oxygen atoms in total. The summed E-state index contributed by atoms with van der Waals surface area (Å²) in [6, 6.07) is 25.3. The summed E-state index contributed by atoms with van der Waals surface area (Å²) < 4.78 is 0.956. The zero-order valence-corrected chi connectivity index (χ0v) is 16.5. The van der Waals surface area contributed by atoms with E-state index in [-0.39, 0.29) is 12.3 Å². The molecule has 0 saturated carbocycles. The number of rotatable bonds is 5. The van der Waals surface area contributed by atoms with E-state index in [0.29, 0.717) is 5.95 Å². The Hall–Kier alpha value is -3.25. The van der Waals surface area contributed by atoms with E-state index in [1.807, 2.05) is 78.9 Å². The van der Waals surface area contributed by atoms with Crippen molar-refractivity contribution in [1.82, 2.24) is 15.4 Å². The molecule has 0 atom stereocenters. The van der Waals surface area contributed by atoms with Gasteiger partial charge in [-0.15, -0.1) is 0 Å². The van der Waals surface area contributed by atoms with Crippen molar-refractivity contribution in [3.63, 3.8) is 0 Å². The summed E-state index contributed by atoms with van der Waals surface area (Å²) in [5.74, 6) is 0.182. The first-order chi connectivity index (χ1) is 13.7. The monoisotopic (exact) mass is 432 g/mol. The molecule has 2 N–H and O–H groups in total. The van der Waals surface area contributed by atoms with E-state index in [2.05, 4.69) is 36.7 Å². The Balaban J connectivity index is 1.61. The third-order valence-corrected chi connectivity index (χ3v) is 4.72. The molecule has 0 spiro atoms. The lowest BCUT2D eigenvalue weighted by Gasteiger charge is -2.11. The lowest BCUT2D eigenvalue weighted by Crippen LogP contribution is -2.31. The molecule has 0 radical (unpaired) electrons. The van der Waals surface area contributed by atoms with Crippen molar-refractivity contribution < 1.29 is 4.79 Å². The number of fused-ring (bicyclic) bond motifs is 1. The predicted octanol–water partition coefficient (Wildman–Crippen LogP) is 4.75. The third kappa shape index (κ3) is 4.18. The number of aromatic nitrogens is 2. The number of benzene rings is 3. The van der Waals surface area contributed by atoms with Gasteiger partial charge in [0.25, 0.3) is 0 Å². The number of carbonyl (C=O) groups excluding carboxylic acids is 1. The maximum Gasteiger partial charge on any atom is 0.242 e. The van der Waals surface area contributed by atoms with Crippen molar-refractivity contribution in [2.75, 3.05) is 5.43 Å². The fraction of sp³-hybridized carbons (Fsp3) is 0.0455. The maximum atomic E-state index is 12.2. The first-order valence-corrected chi connectivity index (χ1v) is 9.60. The number of anilines is 1. The van der Waals surface area contributed by atoms with Gasteiger partial charge in [0.15, 0.2) is 0 Å². The summed E-state index contributed by atoms with van der Waals surface area (Å²) >= 11 is 3.51. The molecule has 4 aromatic rings. The molecule has 0 saturated heterocycles. The number of hydrogen-bond acceptors (Lipinski definition) is 4. The van der Waals surface area contributed by atoms with E-state index < -0.39 is 0 Å². The maximum absolute atomic E-state index is 12.2. The lowest BCUT2D eigenvalue weighted by atomic mass is 10.1. The van der Waals surface area contributed by atoms with Gasteiger partial charge in [0.05, 0.1) is 17.6 Å². The van der Waals surface area contributed by atoms with E-state index >= 15 is 0 Å². The van der Waals surface area contributed by atoms with Crippen molar-refractivity contribution in [2.24, 2.45) is 0 Å². The largest absolute Gasteiger partial charge is 0.273 e. The molecule has 0 aliphatic heterocycles. The molecule has 0 fully saturated rings. The summed E-state index contributed by atoms with van der Waals surface area (Å²) in [6.07, 6.45) is 0.278. The van der Waals surface area contributed by atoms with Crippen LogP contribution in [0.1, 0.15) is 5.56 Å². The molecule has 1 amide bonds. The van der Waals surface area contributed by atoms with Crippen LogP contribution in [0.25, 0.3) is 22.2 Å². The van der Waals surface area contributed by atoms with Crippen LogP contribution in [-0.2, 0) is 11.2 Å². The molecule has 0 bridgehead atoms. The Kier molecular flexibility index (Phi) is 5.30. The minimum Gasteiger partial charge on any atom is -0.273 e. The summed E-state index contributed by atoms with van der Waals surface area (Å²) in [6.45, 7) is 0. The van der Waals surface area contributed by atoms with Crippen LogP contribution in [0.15, 0.2) is 83.3 Å². The molecule has 0 aliphatic rings. The fourth-order valence-electron chi connectivity index (χ4n) is 2.92. The quantitative estimate of drug-likeness (QED) is 0.446. The molecular weight excluding hydrogens is 416 g/mol. The average molecular weight is 433 g/mol. The Morgan fingerprint density at radius 3 is 2.36 bits per heavy atom. The molecular formula is C22H17BrN4O. The topological polar surface area (TPSA) is 66.9 Å². The Morgan fingerprint density at radius 1 is 0.893 bits per heavy atom. The molecule has 0 aliphatic carbocycles. The number of hydrazine groups is 1. The minimum absolute atomic E-state index is 0.160. The molecule has 138 valence electrons. The zero-order chi connectivity index (χ0) is 19.3. The second kappa shape index (κ2) is 8.19. The van der Waals surface area contributed by atoms with E-state index in [1.165, 1.54) is 0 Å². The van der Waals surface area contributed by atoms with Gasteiger partial charge in [0, 0.05) is 15.4 Å². The second-order valence-electron chi connectivity index (χ2n) is 6.26. The minimum atomic E-state index is -0.160. The summed E-state index contributed by atoms with van der Waals surface area (Å²) in [4.78, 5) is 21.4. The van der Waals surface area contributed by atoms with Crippen LogP contribution in [0.3, 0.4) is 0 Å². The van der Waals surface area contributed by atoms with Crippen molar-refractivity contribution >= 4 is 38.7 Å². The number of nitrogens with one attached hydrogen (secondary N) is 2. The van der Waals surface area contributed by atoms with Crippen LogP contribution < -0.4 is 10.9 Å². The Morgan fingerprint density at radius 2 is 1.61 bits per heavy atom.